The lowest BCUT2D eigenvalue weighted by Crippen LogP contribution is -2.49. The van der Waals surface area contributed by atoms with Crippen LogP contribution in [0.3, 0.4) is 0 Å². The topological polar surface area (TPSA) is 115 Å². The molecule has 1 aromatic heterocycles. The number of amides is 2. The predicted octanol–water partition coefficient (Wildman–Crippen LogP) is 5.14. The highest BCUT2D eigenvalue weighted by Gasteiger charge is 2.39. The number of alkyl halides is 2. The lowest BCUT2D eigenvalue weighted by molar-refractivity contribution is -0.122. The van der Waals surface area contributed by atoms with Gasteiger partial charge in [-0.15, -0.1) is 0 Å². The van der Waals surface area contributed by atoms with Crippen LogP contribution < -0.4 is 10.6 Å². The van der Waals surface area contributed by atoms with Gasteiger partial charge in [-0.05, 0) is 48.0 Å². The Kier molecular flexibility index (Phi) is 9.31. The number of nitrogens with one attached hydrogen (secondary N) is 2. The number of carbonyl (C=O) groups excluding carboxylic acids is 2. The summed E-state index contributed by atoms with van der Waals surface area (Å²) in [6.45, 7) is 11.8. The zero-order chi connectivity index (χ0) is 30.8. The van der Waals surface area contributed by atoms with Crippen molar-refractivity contribution in [3.05, 3.63) is 52.2 Å². The molecule has 3 heterocycles. The third kappa shape index (κ3) is 7.49. The summed E-state index contributed by atoms with van der Waals surface area (Å²) in [4.78, 5) is 36.4. The number of benzene rings is 1. The van der Waals surface area contributed by atoms with Gasteiger partial charge in [0.15, 0.2) is 6.29 Å². The highest BCUT2D eigenvalue weighted by Crippen LogP contribution is 2.35. The van der Waals surface area contributed by atoms with Crippen LogP contribution in [0.1, 0.15) is 88.0 Å². The van der Waals surface area contributed by atoms with Crippen LogP contribution in [-0.4, -0.2) is 64.3 Å². The molecule has 10 nitrogen and oxygen atoms in total. The molecule has 2 amide bonds. The van der Waals surface area contributed by atoms with Crippen LogP contribution in [-0.2, 0) is 25.4 Å². The lowest BCUT2D eigenvalue weighted by atomic mass is 10.0. The second-order valence-electron chi connectivity index (χ2n) is 11.9. The molecular formula is C29H38F3N5O5. The van der Waals surface area contributed by atoms with Gasteiger partial charge in [0, 0.05) is 18.7 Å². The van der Waals surface area contributed by atoms with Crippen molar-refractivity contribution in [1.29, 1.82) is 0 Å². The Morgan fingerprint density at radius 3 is 2.50 bits per heavy atom. The van der Waals surface area contributed by atoms with Crippen molar-refractivity contribution >= 4 is 17.8 Å². The minimum atomic E-state index is -2.96. The first-order chi connectivity index (χ1) is 19.7. The molecule has 230 valence electrons. The molecule has 2 fully saturated rings. The number of halogens is 3. The summed E-state index contributed by atoms with van der Waals surface area (Å²) >= 11 is 0. The number of rotatable bonds is 8. The molecular weight excluding hydrogens is 555 g/mol. The molecule has 13 heteroatoms. The molecule has 2 aliphatic rings. The molecule has 0 bridgehead atoms. The van der Waals surface area contributed by atoms with E-state index in [-0.39, 0.29) is 30.3 Å². The van der Waals surface area contributed by atoms with Gasteiger partial charge in [-0.25, -0.2) is 27.9 Å². The van der Waals surface area contributed by atoms with Gasteiger partial charge in [-0.2, -0.15) is 0 Å². The quantitative estimate of drug-likeness (QED) is 0.433. The molecule has 42 heavy (non-hydrogen) atoms. The Hall–Kier alpha value is -3.45. The van der Waals surface area contributed by atoms with E-state index in [2.05, 4.69) is 20.6 Å². The molecule has 2 aliphatic heterocycles. The van der Waals surface area contributed by atoms with Crippen LogP contribution in [0.2, 0.25) is 0 Å². The third-order valence-electron chi connectivity index (χ3n) is 7.00. The van der Waals surface area contributed by atoms with E-state index in [4.69, 9.17) is 14.2 Å². The van der Waals surface area contributed by atoms with E-state index < -0.39 is 47.4 Å². The van der Waals surface area contributed by atoms with Crippen molar-refractivity contribution in [2.45, 2.75) is 84.3 Å². The Bertz CT molecular complexity index is 1320. The standard InChI is InChI=1S/C29H38F3N5O5/c1-16(18-8-7-9-19(23(18)30)24(31)32)33-25-22(26-40-12-13-41-26)20(34-17(2)35-25)14-21(38)36-29(6)10-11-37(15-29)27(39)42-28(3,4)5/h7-9,16,24,26H,10-15H2,1-6H3,(H,36,38)(H,33,34,35). The third-order valence-corrected chi connectivity index (χ3v) is 7.00. The fraction of sp³-hybridized carbons (Fsp3) is 0.586. The van der Waals surface area contributed by atoms with Crippen LogP contribution >= 0.6 is 0 Å². The molecule has 2 N–H and O–H groups in total. The summed E-state index contributed by atoms with van der Waals surface area (Å²) in [5.74, 6) is -0.762. The van der Waals surface area contributed by atoms with Gasteiger partial charge >= 0.3 is 6.09 Å². The van der Waals surface area contributed by atoms with Gasteiger partial charge in [0.25, 0.3) is 6.43 Å². The molecule has 2 atom stereocenters. The molecule has 0 aliphatic carbocycles. The molecule has 4 rings (SSSR count). The highest BCUT2D eigenvalue weighted by molar-refractivity contribution is 5.80. The molecule has 2 saturated heterocycles. The maximum atomic E-state index is 14.9. The number of ether oxygens (including phenoxy) is 3. The SMILES string of the molecule is Cc1nc(CC(=O)NC2(C)CCN(C(=O)OC(C)(C)C)C2)c(C2OCCO2)c(NC(C)c2cccc(C(F)F)c2F)n1. The second kappa shape index (κ2) is 12.4. The van der Waals surface area contributed by atoms with Gasteiger partial charge in [0.2, 0.25) is 5.91 Å². The Balaban J connectivity index is 1.55. The van der Waals surface area contributed by atoms with E-state index >= 15 is 0 Å². The number of aryl methyl sites for hydroxylation is 1. The summed E-state index contributed by atoms with van der Waals surface area (Å²) in [5, 5.41) is 6.12. The number of aromatic nitrogens is 2. The van der Waals surface area contributed by atoms with Crippen molar-refractivity contribution in [3.8, 4) is 0 Å². The molecule has 2 unspecified atom stereocenters. The minimum absolute atomic E-state index is 0.0336. The van der Waals surface area contributed by atoms with Crippen molar-refractivity contribution < 1.29 is 37.0 Å². The Labute approximate surface area is 243 Å². The normalized spacial score (nSPS) is 20.2. The van der Waals surface area contributed by atoms with E-state index in [0.29, 0.717) is 43.3 Å². The first kappa shape index (κ1) is 31.5. The Morgan fingerprint density at radius 2 is 1.86 bits per heavy atom. The Morgan fingerprint density at radius 1 is 1.19 bits per heavy atom. The van der Waals surface area contributed by atoms with Crippen LogP contribution in [0.15, 0.2) is 18.2 Å². The monoisotopic (exact) mass is 593 g/mol. The second-order valence-corrected chi connectivity index (χ2v) is 11.9. The fourth-order valence-electron chi connectivity index (χ4n) is 5.09. The maximum Gasteiger partial charge on any atom is 0.410 e. The zero-order valence-corrected chi connectivity index (χ0v) is 24.7. The van der Waals surface area contributed by atoms with Crippen molar-refractivity contribution in [2.24, 2.45) is 0 Å². The number of carbonyl (C=O) groups is 2. The molecule has 1 aromatic carbocycles. The van der Waals surface area contributed by atoms with E-state index in [0.717, 1.165) is 6.07 Å². The maximum absolute atomic E-state index is 14.9. The predicted molar refractivity (Wildman–Crippen MR) is 147 cm³/mol. The van der Waals surface area contributed by atoms with Crippen LogP contribution in [0.5, 0.6) is 0 Å². The summed E-state index contributed by atoms with van der Waals surface area (Å²) in [7, 11) is 0. The smallest absolute Gasteiger partial charge is 0.410 e. The lowest BCUT2D eigenvalue weighted by Gasteiger charge is -2.28. The summed E-state index contributed by atoms with van der Waals surface area (Å²) in [5.41, 5.74) is -1.26. The first-order valence-corrected chi connectivity index (χ1v) is 13.9. The summed E-state index contributed by atoms with van der Waals surface area (Å²) in [6.07, 6.45) is -3.90. The fourth-order valence-corrected chi connectivity index (χ4v) is 5.09. The van der Waals surface area contributed by atoms with Gasteiger partial charge in [-0.1, -0.05) is 18.2 Å². The molecule has 0 spiro atoms. The van der Waals surface area contributed by atoms with Crippen molar-refractivity contribution in [1.82, 2.24) is 20.2 Å². The average Bonchev–Trinajstić information content (AvgIpc) is 3.53. The van der Waals surface area contributed by atoms with Gasteiger partial charge in [-0.3, -0.25) is 4.79 Å². The summed E-state index contributed by atoms with van der Waals surface area (Å²) < 4.78 is 58.5. The van der Waals surface area contributed by atoms with Crippen molar-refractivity contribution in [2.75, 3.05) is 31.6 Å². The van der Waals surface area contributed by atoms with Gasteiger partial charge in [0.1, 0.15) is 23.1 Å². The van der Waals surface area contributed by atoms with E-state index in [1.165, 1.54) is 12.1 Å². The van der Waals surface area contributed by atoms with E-state index in [9.17, 15) is 22.8 Å². The van der Waals surface area contributed by atoms with Crippen LogP contribution in [0, 0.1) is 12.7 Å². The number of hydrogen-bond donors (Lipinski definition) is 2. The van der Waals surface area contributed by atoms with Gasteiger partial charge in [0.05, 0.1) is 48.0 Å². The molecule has 2 aromatic rings. The van der Waals surface area contributed by atoms with Gasteiger partial charge < -0.3 is 29.7 Å². The minimum Gasteiger partial charge on any atom is -0.444 e. The molecule has 0 saturated carbocycles. The summed E-state index contributed by atoms with van der Waals surface area (Å²) in [6, 6.07) is 3.07. The molecule has 0 radical (unpaired) electrons. The largest absolute Gasteiger partial charge is 0.444 e. The van der Waals surface area contributed by atoms with Crippen molar-refractivity contribution in [3.63, 3.8) is 0 Å². The highest BCUT2D eigenvalue weighted by atomic mass is 19.3. The number of likely N-dealkylation sites (tertiary alicyclic amines) is 1. The van der Waals surface area contributed by atoms with E-state index in [1.54, 1.807) is 39.5 Å². The van der Waals surface area contributed by atoms with Crippen LogP contribution in [0.4, 0.5) is 23.8 Å². The average molecular weight is 594 g/mol. The first-order valence-electron chi connectivity index (χ1n) is 13.9. The van der Waals surface area contributed by atoms with Crippen LogP contribution in [0.25, 0.3) is 0 Å². The zero-order valence-electron chi connectivity index (χ0n) is 24.7. The number of anilines is 1. The van der Waals surface area contributed by atoms with E-state index in [1.807, 2.05) is 6.92 Å². The number of hydrogen-bond acceptors (Lipinski definition) is 8. The number of nitrogens with zero attached hydrogens (tertiary/aromatic N) is 3.